The van der Waals surface area contributed by atoms with Crippen LogP contribution in [0.15, 0.2) is 12.2 Å². The highest BCUT2D eigenvalue weighted by molar-refractivity contribution is 5.91. The van der Waals surface area contributed by atoms with Gasteiger partial charge >= 0.3 is 11.9 Å². The second-order valence-electron chi connectivity index (χ2n) is 6.05. The third kappa shape index (κ3) is 9.36. The number of rotatable bonds is 9. The topological polar surface area (TPSA) is 65.1 Å². The Morgan fingerprint density at radius 3 is 2.39 bits per heavy atom. The summed E-state index contributed by atoms with van der Waals surface area (Å²) in [5.41, 5.74) is 0. The van der Waals surface area contributed by atoms with Gasteiger partial charge in [-0.1, -0.05) is 13.8 Å². The number of hydrogen-bond acceptors (Lipinski definition) is 6. The molecule has 1 aliphatic rings. The van der Waals surface area contributed by atoms with E-state index in [1.807, 2.05) is 20.8 Å². The standard InChI is InChI=1S/C17H29NO5/c1-14(2)15(3)23-17(20)7-6-16(19)22-11-5-4-8-18-9-12-21-13-10-18/h6-7,14-15H,4-5,8-13H2,1-3H3/b7-6+. The summed E-state index contributed by atoms with van der Waals surface area (Å²) in [7, 11) is 0. The van der Waals surface area contributed by atoms with E-state index in [1.165, 1.54) is 0 Å². The summed E-state index contributed by atoms with van der Waals surface area (Å²) in [6.45, 7) is 10.7. The summed E-state index contributed by atoms with van der Waals surface area (Å²) in [5.74, 6) is -0.785. The normalized spacial score (nSPS) is 17.4. The molecule has 0 amide bonds. The van der Waals surface area contributed by atoms with E-state index in [2.05, 4.69) is 4.90 Å². The molecule has 0 aromatic rings. The van der Waals surface area contributed by atoms with Gasteiger partial charge in [-0.25, -0.2) is 9.59 Å². The van der Waals surface area contributed by atoms with Gasteiger partial charge in [-0.15, -0.1) is 0 Å². The van der Waals surface area contributed by atoms with Crippen molar-refractivity contribution in [2.45, 2.75) is 39.7 Å². The molecule has 0 spiro atoms. The second-order valence-corrected chi connectivity index (χ2v) is 6.05. The van der Waals surface area contributed by atoms with E-state index in [4.69, 9.17) is 14.2 Å². The lowest BCUT2D eigenvalue weighted by molar-refractivity contribution is -0.145. The third-order valence-corrected chi connectivity index (χ3v) is 3.81. The predicted octanol–water partition coefficient (Wildman–Crippen LogP) is 1.79. The van der Waals surface area contributed by atoms with Crippen LogP contribution in [0.2, 0.25) is 0 Å². The maximum atomic E-state index is 11.5. The average molecular weight is 327 g/mol. The molecule has 1 rings (SSSR count). The number of ether oxygens (including phenoxy) is 3. The first-order valence-corrected chi connectivity index (χ1v) is 8.34. The summed E-state index contributed by atoms with van der Waals surface area (Å²) in [4.78, 5) is 25.3. The van der Waals surface area contributed by atoms with E-state index in [1.54, 1.807) is 0 Å². The van der Waals surface area contributed by atoms with Gasteiger partial charge in [-0.05, 0) is 32.2 Å². The smallest absolute Gasteiger partial charge is 0.331 e. The largest absolute Gasteiger partial charge is 0.463 e. The lowest BCUT2D eigenvalue weighted by Crippen LogP contribution is -2.36. The van der Waals surface area contributed by atoms with E-state index < -0.39 is 11.9 Å². The van der Waals surface area contributed by atoms with E-state index in [0.717, 1.165) is 57.8 Å². The van der Waals surface area contributed by atoms with Crippen LogP contribution in [0, 0.1) is 5.92 Å². The molecule has 1 unspecified atom stereocenters. The number of unbranched alkanes of at least 4 members (excludes halogenated alkanes) is 1. The Morgan fingerprint density at radius 1 is 1.09 bits per heavy atom. The highest BCUT2D eigenvalue weighted by Crippen LogP contribution is 2.05. The minimum atomic E-state index is -0.518. The monoisotopic (exact) mass is 327 g/mol. The van der Waals surface area contributed by atoms with Gasteiger partial charge in [0.1, 0.15) is 6.10 Å². The highest BCUT2D eigenvalue weighted by Gasteiger charge is 2.11. The number of esters is 2. The molecule has 0 aliphatic carbocycles. The Balaban J connectivity index is 2.06. The van der Waals surface area contributed by atoms with Gasteiger partial charge < -0.3 is 14.2 Å². The molecule has 1 fully saturated rings. The average Bonchev–Trinajstić information content (AvgIpc) is 2.53. The van der Waals surface area contributed by atoms with E-state index in [-0.39, 0.29) is 12.0 Å². The van der Waals surface area contributed by atoms with Crippen LogP contribution in [0.4, 0.5) is 0 Å². The molecular formula is C17H29NO5. The van der Waals surface area contributed by atoms with Crippen molar-refractivity contribution in [2.75, 3.05) is 39.5 Å². The minimum absolute atomic E-state index is 0.177. The quantitative estimate of drug-likeness (QED) is 0.365. The first-order chi connectivity index (χ1) is 11.0. The van der Waals surface area contributed by atoms with Crippen LogP contribution in [-0.2, 0) is 23.8 Å². The minimum Gasteiger partial charge on any atom is -0.463 e. The first-order valence-electron chi connectivity index (χ1n) is 8.34. The van der Waals surface area contributed by atoms with Gasteiger partial charge in [0.15, 0.2) is 0 Å². The molecule has 0 N–H and O–H groups in total. The summed E-state index contributed by atoms with van der Waals surface area (Å²) in [6.07, 6.45) is 3.85. The molecule has 0 bridgehead atoms. The Labute approximate surface area is 138 Å². The van der Waals surface area contributed by atoms with Gasteiger partial charge in [0, 0.05) is 25.2 Å². The van der Waals surface area contributed by atoms with Crippen molar-refractivity contribution in [1.29, 1.82) is 0 Å². The predicted molar refractivity (Wildman–Crippen MR) is 87.0 cm³/mol. The fourth-order valence-corrected chi connectivity index (χ4v) is 1.98. The van der Waals surface area contributed by atoms with Crippen molar-refractivity contribution in [1.82, 2.24) is 4.90 Å². The maximum Gasteiger partial charge on any atom is 0.331 e. The molecule has 1 saturated heterocycles. The molecule has 1 atom stereocenters. The van der Waals surface area contributed by atoms with Crippen LogP contribution >= 0.6 is 0 Å². The van der Waals surface area contributed by atoms with Crippen LogP contribution in [0.1, 0.15) is 33.6 Å². The molecule has 0 radical (unpaired) electrons. The molecular weight excluding hydrogens is 298 g/mol. The number of hydrogen-bond donors (Lipinski definition) is 0. The van der Waals surface area contributed by atoms with Crippen LogP contribution in [0.3, 0.4) is 0 Å². The van der Waals surface area contributed by atoms with Gasteiger partial charge in [0.05, 0.1) is 19.8 Å². The van der Waals surface area contributed by atoms with Crippen LogP contribution in [0.25, 0.3) is 0 Å². The van der Waals surface area contributed by atoms with Gasteiger partial charge in [0.2, 0.25) is 0 Å². The fraction of sp³-hybridized carbons (Fsp3) is 0.765. The van der Waals surface area contributed by atoms with Gasteiger partial charge in [-0.2, -0.15) is 0 Å². The second kappa shape index (κ2) is 11.2. The molecule has 1 aliphatic heterocycles. The fourth-order valence-electron chi connectivity index (χ4n) is 1.98. The lowest BCUT2D eigenvalue weighted by Gasteiger charge is -2.26. The lowest BCUT2D eigenvalue weighted by atomic mass is 10.1. The summed E-state index contributed by atoms with van der Waals surface area (Å²) in [6, 6.07) is 0. The van der Waals surface area contributed by atoms with Gasteiger partial charge in [0.25, 0.3) is 0 Å². The van der Waals surface area contributed by atoms with Crippen molar-refractivity contribution in [3.8, 4) is 0 Å². The van der Waals surface area contributed by atoms with E-state index in [9.17, 15) is 9.59 Å². The van der Waals surface area contributed by atoms with E-state index in [0.29, 0.717) is 6.61 Å². The Bertz CT molecular complexity index is 388. The molecule has 132 valence electrons. The van der Waals surface area contributed by atoms with Crippen molar-refractivity contribution in [3.63, 3.8) is 0 Å². The zero-order valence-corrected chi connectivity index (χ0v) is 14.5. The van der Waals surface area contributed by atoms with Crippen molar-refractivity contribution < 1.29 is 23.8 Å². The van der Waals surface area contributed by atoms with Crippen LogP contribution in [0.5, 0.6) is 0 Å². The Morgan fingerprint density at radius 2 is 1.74 bits per heavy atom. The summed E-state index contributed by atoms with van der Waals surface area (Å²) in [5, 5.41) is 0. The molecule has 23 heavy (non-hydrogen) atoms. The first kappa shape index (κ1) is 19.6. The van der Waals surface area contributed by atoms with Crippen LogP contribution < -0.4 is 0 Å². The van der Waals surface area contributed by atoms with Gasteiger partial charge in [-0.3, -0.25) is 4.90 Å². The number of carbonyl (C=O) groups excluding carboxylic acids is 2. The zero-order chi connectivity index (χ0) is 17.1. The molecule has 6 heteroatoms. The molecule has 6 nitrogen and oxygen atoms in total. The molecule has 0 aromatic heterocycles. The van der Waals surface area contributed by atoms with Crippen molar-refractivity contribution >= 4 is 11.9 Å². The number of morpholine rings is 1. The third-order valence-electron chi connectivity index (χ3n) is 3.81. The zero-order valence-electron chi connectivity index (χ0n) is 14.5. The summed E-state index contributed by atoms with van der Waals surface area (Å²) < 4.78 is 15.5. The Kier molecular flexibility index (Phi) is 9.55. The number of nitrogens with zero attached hydrogens (tertiary/aromatic N) is 1. The number of carbonyl (C=O) groups is 2. The van der Waals surface area contributed by atoms with Crippen molar-refractivity contribution in [3.05, 3.63) is 12.2 Å². The maximum absolute atomic E-state index is 11.5. The summed E-state index contributed by atoms with van der Waals surface area (Å²) >= 11 is 0. The Hall–Kier alpha value is -1.40. The SMILES string of the molecule is CC(C)C(C)OC(=O)/C=C/C(=O)OCCCCN1CCOCC1. The van der Waals surface area contributed by atoms with E-state index >= 15 is 0 Å². The highest BCUT2D eigenvalue weighted by atomic mass is 16.5. The molecule has 0 aromatic carbocycles. The molecule has 1 heterocycles. The molecule has 0 saturated carbocycles. The van der Waals surface area contributed by atoms with Crippen molar-refractivity contribution in [2.24, 2.45) is 5.92 Å². The van der Waals surface area contributed by atoms with Crippen LogP contribution in [-0.4, -0.2) is 62.4 Å².